The molecule has 0 N–H and O–H groups in total. The van der Waals surface area contributed by atoms with Gasteiger partial charge in [0.05, 0.1) is 22.2 Å². The van der Waals surface area contributed by atoms with Crippen LogP contribution in [0.25, 0.3) is 10.9 Å². The summed E-state index contributed by atoms with van der Waals surface area (Å²) in [6.07, 6.45) is 2.40. The summed E-state index contributed by atoms with van der Waals surface area (Å²) in [5, 5.41) is 0.941. The van der Waals surface area contributed by atoms with E-state index < -0.39 is 17.3 Å². The monoisotopic (exact) mass is 502 g/mol. The number of carbonyl (C=O) groups excluding carboxylic acids is 3. The number of fused-ring (bicyclic) bond motifs is 3. The van der Waals surface area contributed by atoms with Crippen molar-refractivity contribution in [3.05, 3.63) is 106 Å². The predicted octanol–water partition coefficient (Wildman–Crippen LogP) is 5.42. The molecule has 0 saturated carbocycles. The van der Waals surface area contributed by atoms with E-state index in [0.29, 0.717) is 53.0 Å². The van der Waals surface area contributed by atoms with Crippen LogP contribution >= 0.6 is 11.6 Å². The minimum absolute atomic E-state index is 0.102. The second-order valence-corrected chi connectivity index (χ2v) is 9.52. The maximum Gasteiger partial charge on any atom is 0.339 e. The lowest BCUT2D eigenvalue weighted by Gasteiger charge is -2.38. The number of hydrogen-bond acceptors (Lipinski definition) is 4. The highest BCUT2D eigenvalue weighted by Gasteiger charge is 2.47. The van der Waals surface area contributed by atoms with E-state index in [2.05, 4.69) is 0 Å². The van der Waals surface area contributed by atoms with Crippen molar-refractivity contribution in [2.24, 2.45) is 0 Å². The van der Waals surface area contributed by atoms with Gasteiger partial charge in [0.15, 0.2) is 0 Å². The van der Waals surface area contributed by atoms with Crippen molar-refractivity contribution in [2.75, 3.05) is 13.1 Å². The van der Waals surface area contributed by atoms with Crippen LogP contribution in [0, 0.1) is 5.82 Å². The van der Waals surface area contributed by atoms with Gasteiger partial charge in [-0.1, -0.05) is 48.0 Å². The maximum absolute atomic E-state index is 14.4. The van der Waals surface area contributed by atoms with Crippen LogP contribution in [0.1, 0.15) is 49.5 Å². The van der Waals surface area contributed by atoms with Gasteiger partial charge in [-0.2, -0.15) is 0 Å². The number of benzene rings is 3. The van der Waals surface area contributed by atoms with Crippen molar-refractivity contribution < 1.29 is 23.5 Å². The molecule has 6 nitrogen and oxygen atoms in total. The molecule has 0 bridgehead atoms. The molecule has 0 radical (unpaired) electrons. The number of rotatable bonds is 2. The highest BCUT2D eigenvalue weighted by molar-refractivity contribution is 6.31. The number of hydrogen-bond donors (Lipinski definition) is 0. The third-order valence-corrected chi connectivity index (χ3v) is 7.34. The molecule has 1 fully saturated rings. The molecule has 2 aliphatic heterocycles. The summed E-state index contributed by atoms with van der Waals surface area (Å²) in [7, 11) is 0. The molecule has 0 unspecified atom stereocenters. The number of likely N-dealkylation sites (tertiary alicyclic amines) is 1. The molecule has 0 aliphatic carbocycles. The van der Waals surface area contributed by atoms with Crippen LogP contribution in [-0.4, -0.2) is 40.3 Å². The lowest BCUT2D eigenvalue weighted by molar-refractivity contribution is -0.0389. The quantitative estimate of drug-likeness (QED) is 0.343. The van der Waals surface area contributed by atoms with Crippen LogP contribution in [0.2, 0.25) is 5.02 Å². The Hall–Kier alpha value is -3.97. The summed E-state index contributed by atoms with van der Waals surface area (Å²) in [4.78, 5) is 40.9. The van der Waals surface area contributed by atoms with Crippen LogP contribution in [0.4, 0.5) is 4.39 Å². The molecule has 8 heteroatoms. The summed E-state index contributed by atoms with van der Waals surface area (Å²) in [6, 6.07) is 18.0. The Bertz CT molecular complexity index is 1570. The average Bonchev–Trinajstić information content (AvgIpc) is 3.39. The molecule has 36 heavy (non-hydrogen) atoms. The van der Waals surface area contributed by atoms with E-state index in [9.17, 15) is 18.8 Å². The second-order valence-electron chi connectivity index (χ2n) is 9.08. The van der Waals surface area contributed by atoms with Crippen molar-refractivity contribution >= 4 is 40.3 Å². The number of halogens is 2. The zero-order valence-electron chi connectivity index (χ0n) is 19.0. The molecular formula is C28H20ClFN2O4. The molecule has 2 aliphatic rings. The Labute approximate surface area is 210 Å². The van der Waals surface area contributed by atoms with E-state index in [0.717, 1.165) is 5.56 Å². The van der Waals surface area contributed by atoms with Crippen molar-refractivity contribution in [3.8, 4) is 0 Å². The lowest BCUT2D eigenvalue weighted by Crippen LogP contribution is -2.45. The first-order valence-electron chi connectivity index (χ1n) is 11.6. The zero-order valence-corrected chi connectivity index (χ0v) is 19.8. The van der Waals surface area contributed by atoms with Gasteiger partial charge in [0.25, 0.3) is 11.8 Å². The summed E-state index contributed by atoms with van der Waals surface area (Å²) in [5.74, 6) is -1.83. The number of aromatic nitrogens is 1. The molecule has 6 rings (SSSR count). The smallest absolute Gasteiger partial charge is 0.339 e. The molecule has 1 aromatic heterocycles. The standard InChI is InChI=1S/C28H20ClFN2O4/c29-17-9-10-18-21(16-32(24(18)15-17)26(34)20-6-2-4-8-23(20)30)25(33)31-13-11-28(12-14-31)22-7-3-1-5-19(22)27(35)36-28/h1-10,15-16H,11-14H2. The van der Waals surface area contributed by atoms with Crippen LogP contribution < -0.4 is 0 Å². The van der Waals surface area contributed by atoms with Gasteiger partial charge in [-0.3, -0.25) is 14.2 Å². The minimum Gasteiger partial charge on any atom is -0.450 e. The normalized spacial score (nSPS) is 16.3. The Morgan fingerprint density at radius 3 is 2.42 bits per heavy atom. The number of piperidine rings is 1. The van der Waals surface area contributed by atoms with Crippen LogP contribution in [0.3, 0.4) is 0 Å². The lowest BCUT2D eigenvalue weighted by atomic mass is 9.83. The van der Waals surface area contributed by atoms with Gasteiger partial charge in [-0.05, 0) is 30.3 Å². The first-order chi connectivity index (χ1) is 17.4. The summed E-state index contributed by atoms with van der Waals surface area (Å²) < 4.78 is 21.4. The highest BCUT2D eigenvalue weighted by atomic mass is 35.5. The van der Waals surface area contributed by atoms with Crippen LogP contribution in [-0.2, 0) is 10.3 Å². The molecule has 1 spiro atoms. The molecule has 4 aromatic rings. The zero-order chi connectivity index (χ0) is 25.0. The average molecular weight is 503 g/mol. The molecule has 1 amide bonds. The molecular weight excluding hydrogens is 483 g/mol. The number of carbonyl (C=O) groups is 3. The number of amides is 1. The summed E-state index contributed by atoms with van der Waals surface area (Å²) in [6.45, 7) is 0.754. The Morgan fingerprint density at radius 2 is 1.64 bits per heavy atom. The minimum atomic E-state index is -0.729. The molecule has 3 aromatic carbocycles. The first-order valence-corrected chi connectivity index (χ1v) is 12.0. The van der Waals surface area contributed by atoms with Gasteiger partial charge in [0.2, 0.25) is 0 Å². The largest absolute Gasteiger partial charge is 0.450 e. The fraction of sp³-hybridized carbons (Fsp3) is 0.179. The van der Waals surface area contributed by atoms with Gasteiger partial charge >= 0.3 is 5.97 Å². The van der Waals surface area contributed by atoms with E-state index in [1.54, 1.807) is 35.2 Å². The fourth-order valence-corrected chi connectivity index (χ4v) is 5.43. The third-order valence-electron chi connectivity index (χ3n) is 7.11. The molecule has 1 saturated heterocycles. The Kier molecular flexibility index (Phi) is 5.19. The molecule has 0 atom stereocenters. The van der Waals surface area contributed by atoms with E-state index >= 15 is 0 Å². The number of ether oxygens (including phenoxy) is 1. The van der Waals surface area contributed by atoms with Gasteiger partial charge < -0.3 is 9.64 Å². The molecule has 3 heterocycles. The van der Waals surface area contributed by atoms with Crippen molar-refractivity contribution in [1.82, 2.24) is 9.47 Å². The van der Waals surface area contributed by atoms with Crippen LogP contribution in [0.15, 0.2) is 72.9 Å². The summed E-state index contributed by atoms with van der Waals surface area (Å²) >= 11 is 6.20. The Balaban J connectivity index is 1.32. The topological polar surface area (TPSA) is 68.6 Å². The fourth-order valence-electron chi connectivity index (χ4n) is 5.26. The first kappa shape index (κ1) is 22.5. The second kappa shape index (κ2) is 8.31. The van der Waals surface area contributed by atoms with E-state index in [1.165, 1.54) is 29.0 Å². The molecule has 180 valence electrons. The predicted molar refractivity (Wildman–Crippen MR) is 132 cm³/mol. The maximum atomic E-state index is 14.4. The number of nitrogens with zero attached hydrogens (tertiary/aromatic N) is 2. The van der Waals surface area contributed by atoms with Gasteiger partial charge in [0, 0.05) is 48.1 Å². The van der Waals surface area contributed by atoms with Gasteiger partial charge in [0.1, 0.15) is 11.4 Å². The van der Waals surface area contributed by atoms with E-state index in [4.69, 9.17) is 16.3 Å². The summed E-state index contributed by atoms with van der Waals surface area (Å²) in [5.41, 5.74) is 1.35. The highest BCUT2D eigenvalue weighted by Crippen LogP contribution is 2.44. The van der Waals surface area contributed by atoms with Gasteiger partial charge in [-0.25, -0.2) is 9.18 Å². The van der Waals surface area contributed by atoms with Crippen LogP contribution in [0.5, 0.6) is 0 Å². The van der Waals surface area contributed by atoms with Crippen molar-refractivity contribution in [2.45, 2.75) is 18.4 Å². The third kappa shape index (κ3) is 3.42. The Morgan fingerprint density at radius 1 is 0.917 bits per heavy atom. The SMILES string of the molecule is O=C1OC2(CCN(C(=O)c3cn(C(=O)c4ccccc4F)c4cc(Cl)ccc34)CC2)c2ccccc21. The van der Waals surface area contributed by atoms with E-state index in [1.807, 2.05) is 18.2 Å². The van der Waals surface area contributed by atoms with Gasteiger partial charge in [-0.15, -0.1) is 0 Å². The number of esters is 1. The van der Waals surface area contributed by atoms with E-state index in [-0.39, 0.29) is 17.4 Å². The van der Waals surface area contributed by atoms with Crippen molar-refractivity contribution in [3.63, 3.8) is 0 Å². The van der Waals surface area contributed by atoms with Crippen molar-refractivity contribution in [1.29, 1.82) is 0 Å².